The lowest BCUT2D eigenvalue weighted by Gasteiger charge is -2.39. The van der Waals surface area contributed by atoms with E-state index < -0.39 is 0 Å². The SMILES string of the molecule is CC1(C(N)Cc2cccc(F)c2Br)CCCCC1. The molecule has 1 saturated carbocycles. The zero-order chi connectivity index (χ0) is 13.2. The maximum Gasteiger partial charge on any atom is 0.137 e. The van der Waals surface area contributed by atoms with Gasteiger partial charge in [-0.2, -0.15) is 0 Å². The zero-order valence-electron chi connectivity index (χ0n) is 10.9. The van der Waals surface area contributed by atoms with Gasteiger partial charge in [-0.1, -0.05) is 38.3 Å². The van der Waals surface area contributed by atoms with Crippen LogP contribution in [0.25, 0.3) is 0 Å². The van der Waals surface area contributed by atoms with Crippen LogP contribution in [0.1, 0.15) is 44.6 Å². The minimum atomic E-state index is -0.200. The van der Waals surface area contributed by atoms with Gasteiger partial charge in [0.1, 0.15) is 5.82 Å². The van der Waals surface area contributed by atoms with Gasteiger partial charge in [0.15, 0.2) is 0 Å². The highest BCUT2D eigenvalue weighted by Crippen LogP contribution is 2.39. The number of rotatable bonds is 3. The maximum atomic E-state index is 13.5. The predicted molar refractivity (Wildman–Crippen MR) is 77.0 cm³/mol. The van der Waals surface area contributed by atoms with Crippen LogP contribution in [-0.2, 0) is 6.42 Å². The van der Waals surface area contributed by atoms with Crippen LogP contribution in [0.4, 0.5) is 4.39 Å². The van der Waals surface area contributed by atoms with Crippen molar-refractivity contribution in [2.24, 2.45) is 11.1 Å². The molecule has 1 fully saturated rings. The molecule has 2 rings (SSSR count). The molecule has 1 atom stereocenters. The van der Waals surface area contributed by atoms with E-state index in [2.05, 4.69) is 22.9 Å². The highest BCUT2D eigenvalue weighted by molar-refractivity contribution is 9.10. The molecule has 0 bridgehead atoms. The second kappa shape index (κ2) is 5.70. The molecule has 1 aliphatic carbocycles. The highest BCUT2D eigenvalue weighted by Gasteiger charge is 2.33. The van der Waals surface area contributed by atoms with E-state index in [0.29, 0.717) is 4.47 Å². The predicted octanol–water partition coefficient (Wildman–Crippen LogP) is 4.43. The Morgan fingerprint density at radius 1 is 1.33 bits per heavy atom. The van der Waals surface area contributed by atoms with Crippen molar-refractivity contribution in [1.82, 2.24) is 0 Å². The molecule has 0 spiro atoms. The second-order valence-electron chi connectivity index (χ2n) is 5.74. The van der Waals surface area contributed by atoms with E-state index in [1.807, 2.05) is 6.07 Å². The molecule has 1 aromatic rings. The van der Waals surface area contributed by atoms with E-state index in [9.17, 15) is 4.39 Å². The van der Waals surface area contributed by atoms with Crippen molar-refractivity contribution < 1.29 is 4.39 Å². The van der Waals surface area contributed by atoms with Crippen LogP contribution in [-0.4, -0.2) is 6.04 Å². The topological polar surface area (TPSA) is 26.0 Å². The summed E-state index contributed by atoms with van der Waals surface area (Å²) in [4.78, 5) is 0. The Labute approximate surface area is 117 Å². The van der Waals surface area contributed by atoms with Crippen LogP contribution >= 0.6 is 15.9 Å². The summed E-state index contributed by atoms with van der Waals surface area (Å²) in [6, 6.07) is 5.29. The van der Waals surface area contributed by atoms with Crippen molar-refractivity contribution in [2.75, 3.05) is 0 Å². The van der Waals surface area contributed by atoms with Crippen molar-refractivity contribution in [3.05, 3.63) is 34.1 Å². The molecule has 1 nitrogen and oxygen atoms in total. The van der Waals surface area contributed by atoms with E-state index in [4.69, 9.17) is 5.73 Å². The first-order chi connectivity index (χ1) is 8.53. The van der Waals surface area contributed by atoms with Gasteiger partial charge in [0.2, 0.25) is 0 Å². The quantitative estimate of drug-likeness (QED) is 0.877. The molecule has 1 aliphatic rings. The average Bonchev–Trinajstić information content (AvgIpc) is 2.36. The molecular formula is C15H21BrFN. The first-order valence-corrected chi connectivity index (χ1v) is 7.51. The highest BCUT2D eigenvalue weighted by atomic mass is 79.9. The molecule has 0 saturated heterocycles. The molecule has 1 unspecified atom stereocenters. The fraction of sp³-hybridized carbons (Fsp3) is 0.600. The van der Waals surface area contributed by atoms with Crippen molar-refractivity contribution in [3.8, 4) is 0 Å². The van der Waals surface area contributed by atoms with Crippen LogP contribution in [0, 0.1) is 11.2 Å². The number of nitrogens with two attached hydrogens (primary N) is 1. The largest absolute Gasteiger partial charge is 0.327 e. The Morgan fingerprint density at radius 3 is 2.67 bits per heavy atom. The maximum absolute atomic E-state index is 13.5. The summed E-state index contributed by atoms with van der Waals surface area (Å²) in [7, 11) is 0. The molecule has 0 amide bonds. The van der Waals surface area contributed by atoms with Gasteiger partial charge < -0.3 is 5.73 Å². The number of benzene rings is 1. The van der Waals surface area contributed by atoms with E-state index in [1.54, 1.807) is 6.07 Å². The number of hydrogen-bond donors (Lipinski definition) is 1. The lowest BCUT2D eigenvalue weighted by atomic mass is 9.69. The van der Waals surface area contributed by atoms with E-state index in [0.717, 1.165) is 12.0 Å². The van der Waals surface area contributed by atoms with Gasteiger partial charge in [-0.15, -0.1) is 0 Å². The van der Waals surface area contributed by atoms with E-state index >= 15 is 0 Å². The van der Waals surface area contributed by atoms with Crippen molar-refractivity contribution in [2.45, 2.75) is 51.5 Å². The van der Waals surface area contributed by atoms with Crippen LogP contribution in [0.2, 0.25) is 0 Å². The van der Waals surface area contributed by atoms with Crippen LogP contribution in [0.5, 0.6) is 0 Å². The summed E-state index contributed by atoms with van der Waals surface area (Å²) in [5.74, 6) is -0.200. The van der Waals surface area contributed by atoms with Crippen molar-refractivity contribution in [3.63, 3.8) is 0 Å². The summed E-state index contributed by atoms with van der Waals surface area (Å²) < 4.78 is 14.0. The summed E-state index contributed by atoms with van der Waals surface area (Å²) in [5.41, 5.74) is 7.58. The Balaban J connectivity index is 2.10. The fourth-order valence-electron chi connectivity index (χ4n) is 2.92. The molecule has 0 aliphatic heterocycles. The van der Waals surface area contributed by atoms with Gasteiger partial charge in [-0.25, -0.2) is 4.39 Å². The smallest absolute Gasteiger partial charge is 0.137 e. The summed E-state index contributed by atoms with van der Waals surface area (Å²) >= 11 is 3.32. The van der Waals surface area contributed by atoms with Crippen LogP contribution in [0.15, 0.2) is 22.7 Å². The lowest BCUT2D eigenvalue weighted by Crippen LogP contribution is -2.42. The van der Waals surface area contributed by atoms with E-state index in [-0.39, 0.29) is 17.3 Å². The zero-order valence-corrected chi connectivity index (χ0v) is 12.5. The monoisotopic (exact) mass is 313 g/mol. The third-order valence-corrected chi connectivity index (χ3v) is 5.25. The summed E-state index contributed by atoms with van der Waals surface area (Å²) in [6.07, 6.45) is 7.01. The van der Waals surface area contributed by atoms with Gasteiger partial charge in [-0.3, -0.25) is 0 Å². The minimum absolute atomic E-state index is 0.107. The average molecular weight is 314 g/mol. The van der Waals surface area contributed by atoms with Crippen molar-refractivity contribution in [1.29, 1.82) is 0 Å². The van der Waals surface area contributed by atoms with Crippen LogP contribution in [0.3, 0.4) is 0 Å². The second-order valence-corrected chi connectivity index (χ2v) is 6.53. The Hall–Kier alpha value is -0.410. The standard InChI is InChI=1S/C15H21BrFN/c1-15(8-3-2-4-9-15)13(18)10-11-6-5-7-12(17)14(11)16/h5-7,13H,2-4,8-10,18H2,1H3. The van der Waals surface area contributed by atoms with Gasteiger partial charge in [0.05, 0.1) is 4.47 Å². The Bertz CT molecular complexity index is 413. The molecule has 18 heavy (non-hydrogen) atoms. The van der Waals surface area contributed by atoms with Gasteiger partial charge in [0.25, 0.3) is 0 Å². The van der Waals surface area contributed by atoms with Gasteiger partial charge in [0, 0.05) is 6.04 Å². The molecule has 0 radical (unpaired) electrons. The summed E-state index contributed by atoms with van der Waals surface area (Å²) in [5, 5.41) is 0. The third kappa shape index (κ3) is 2.94. The summed E-state index contributed by atoms with van der Waals surface area (Å²) in [6.45, 7) is 2.28. The lowest BCUT2D eigenvalue weighted by molar-refractivity contribution is 0.168. The molecule has 100 valence electrons. The molecule has 0 heterocycles. The number of hydrogen-bond acceptors (Lipinski definition) is 1. The molecule has 2 N–H and O–H groups in total. The minimum Gasteiger partial charge on any atom is -0.327 e. The first kappa shape index (κ1) is 14.0. The fourth-order valence-corrected chi connectivity index (χ4v) is 3.35. The van der Waals surface area contributed by atoms with Crippen molar-refractivity contribution >= 4 is 15.9 Å². The number of halogens is 2. The van der Waals surface area contributed by atoms with Gasteiger partial charge >= 0.3 is 0 Å². The first-order valence-electron chi connectivity index (χ1n) is 6.71. The third-order valence-electron chi connectivity index (χ3n) is 4.36. The Morgan fingerprint density at radius 2 is 2.00 bits per heavy atom. The molecule has 1 aromatic carbocycles. The van der Waals surface area contributed by atoms with Gasteiger partial charge in [-0.05, 0) is 52.2 Å². The molecule has 3 heteroatoms. The molecule has 0 aromatic heterocycles. The van der Waals surface area contributed by atoms with E-state index in [1.165, 1.54) is 38.2 Å². The van der Waals surface area contributed by atoms with Crippen LogP contribution < -0.4 is 5.73 Å². The normalized spacial score (nSPS) is 20.7. The Kier molecular flexibility index (Phi) is 4.44. The molecular weight excluding hydrogens is 293 g/mol.